The highest BCUT2D eigenvalue weighted by atomic mass is 19.1. The second-order valence-electron chi connectivity index (χ2n) is 4.67. The van der Waals surface area contributed by atoms with Crippen molar-refractivity contribution in [2.45, 2.75) is 39.3 Å². The Hall–Kier alpha value is -1.82. The molecule has 4 nitrogen and oxygen atoms in total. The molecule has 1 heterocycles. The molecule has 20 heavy (non-hydrogen) atoms. The van der Waals surface area contributed by atoms with E-state index in [-0.39, 0.29) is 12.1 Å². The SMILES string of the molecule is CC[C@@H](N[C@@H](C)c1nnc(C)o1)c1cc(F)ccc1F. The molecule has 0 aliphatic heterocycles. The molecule has 0 amide bonds. The van der Waals surface area contributed by atoms with Gasteiger partial charge < -0.3 is 4.42 Å². The summed E-state index contributed by atoms with van der Waals surface area (Å²) in [5.74, 6) is 0.0130. The normalized spacial score (nSPS) is 14.2. The molecule has 0 saturated carbocycles. The fraction of sp³-hybridized carbons (Fsp3) is 0.429. The molecule has 2 aromatic rings. The van der Waals surface area contributed by atoms with Gasteiger partial charge in [0.25, 0.3) is 0 Å². The van der Waals surface area contributed by atoms with Crippen LogP contribution < -0.4 is 5.32 Å². The first kappa shape index (κ1) is 14.6. The minimum Gasteiger partial charge on any atom is -0.424 e. The van der Waals surface area contributed by atoms with Gasteiger partial charge in [0.1, 0.15) is 11.6 Å². The maximum absolute atomic E-state index is 13.8. The summed E-state index contributed by atoms with van der Waals surface area (Å²) in [5.41, 5.74) is 0.301. The average molecular weight is 281 g/mol. The lowest BCUT2D eigenvalue weighted by molar-refractivity contribution is 0.362. The van der Waals surface area contributed by atoms with Crippen LogP contribution in [-0.4, -0.2) is 10.2 Å². The number of nitrogens with one attached hydrogen (secondary N) is 1. The van der Waals surface area contributed by atoms with Gasteiger partial charge in [0.15, 0.2) is 0 Å². The Bertz CT molecular complexity index is 586. The number of hydrogen-bond acceptors (Lipinski definition) is 4. The van der Waals surface area contributed by atoms with E-state index in [1.54, 1.807) is 6.92 Å². The highest BCUT2D eigenvalue weighted by molar-refractivity contribution is 5.22. The third kappa shape index (κ3) is 3.19. The quantitative estimate of drug-likeness (QED) is 0.912. The Labute approximate surface area is 116 Å². The van der Waals surface area contributed by atoms with Crippen molar-refractivity contribution in [1.29, 1.82) is 0 Å². The van der Waals surface area contributed by atoms with Crippen LogP contribution in [0.15, 0.2) is 22.6 Å². The summed E-state index contributed by atoms with van der Waals surface area (Å²) in [4.78, 5) is 0. The van der Waals surface area contributed by atoms with E-state index in [0.29, 0.717) is 23.8 Å². The lowest BCUT2D eigenvalue weighted by Crippen LogP contribution is -2.25. The van der Waals surface area contributed by atoms with Gasteiger partial charge in [-0.25, -0.2) is 8.78 Å². The predicted octanol–water partition coefficient (Wildman–Crippen LogP) is 3.46. The zero-order valence-corrected chi connectivity index (χ0v) is 11.7. The number of aromatic nitrogens is 2. The van der Waals surface area contributed by atoms with Crippen molar-refractivity contribution in [2.75, 3.05) is 0 Å². The highest BCUT2D eigenvalue weighted by Gasteiger charge is 2.20. The monoisotopic (exact) mass is 281 g/mol. The summed E-state index contributed by atoms with van der Waals surface area (Å²) in [7, 11) is 0. The minimum atomic E-state index is -0.456. The van der Waals surface area contributed by atoms with Crippen molar-refractivity contribution in [3.63, 3.8) is 0 Å². The van der Waals surface area contributed by atoms with Gasteiger partial charge in [-0.3, -0.25) is 5.32 Å². The lowest BCUT2D eigenvalue weighted by Gasteiger charge is -2.21. The van der Waals surface area contributed by atoms with E-state index in [2.05, 4.69) is 15.5 Å². The van der Waals surface area contributed by atoms with Crippen LogP contribution in [0.5, 0.6) is 0 Å². The molecule has 0 fully saturated rings. The molecule has 1 N–H and O–H groups in total. The summed E-state index contributed by atoms with van der Waals surface area (Å²) in [5, 5.41) is 10.9. The maximum atomic E-state index is 13.8. The number of nitrogens with zero attached hydrogens (tertiary/aromatic N) is 2. The molecule has 2 rings (SSSR count). The highest BCUT2D eigenvalue weighted by Crippen LogP contribution is 2.24. The summed E-state index contributed by atoms with van der Waals surface area (Å²) in [6, 6.07) is 2.88. The summed E-state index contributed by atoms with van der Waals surface area (Å²) in [6.45, 7) is 5.44. The van der Waals surface area contributed by atoms with Crippen molar-refractivity contribution >= 4 is 0 Å². The van der Waals surface area contributed by atoms with Gasteiger partial charge in [-0.15, -0.1) is 10.2 Å². The molecular weight excluding hydrogens is 264 g/mol. The molecule has 0 aliphatic carbocycles. The summed E-state index contributed by atoms with van der Waals surface area (Å²) < 4.78 is 32.4. The zero-order chi connectivity index (χ0) is 14.7. The molecule has 0 radical (unpaired) electrons. The molecule has 0 unspecified atom stereocenters. The van der Waals surface area contributed by atoms with Gasteiger partial charge in [0.05, 0.1) is 6.04 Å². The Kier molecular flexibility index (Phi) is 4.44. The smallest absolute Gasteiger partial charge is 0.233 e. The van der Waals surface area contributed by atoms with Crippen molar-refractivity contribution in [2.24, 2.45) is 0 Å². The first-order valence-electron chi connectivity index (χ1n) is 6.52. The van der Waals surface area contributed by atoms with Gasteiger partial charge in [-0.1, -0.05) is 6.92 Å². The third-order valence-electron chi connectivity index (χ3n) is 3.10. The Morgan fingerprint density at radius 2 is 2.05 bits per heavy atom. The molecule has 0 spiro atoms. The molecule has 2 atom stereocenters. The van der Waals surface area contributed by atoms with Gasteiger partial charge in [-0.2, -0.15) is 0 Å². The van der Waals surface area contributed by atoms with E-state index < -0.39 is 11.6 Å². The number of benzene rings is 1. The van der Waals surface area contributed by atoms with Crippen LogP contribution in [0, 0.1) is 18.6 Å². The average Bonchev–Trinajstić information content (AvgIpc) is 2.85. The second kappa shape index (κ2) is 6.09. The first-order chi connectivity index (χ1) is 9.51. The lowest BCUT2D eigenvalue weighted by atomic mass is 10.0. The molecule has 0 saturated heterocycles. The molecule has 1 aromatic carbocycles. The Morgan fingerprint density at radius 1 is 1.30 bits per heavy atom. The van der Waals surface area contributed by atoms with Crippen LogP contribution in [-0.2, 0) is 0 Å². The number of halogens is 2. The Balaban J connectivity index is 2.18. The Morgan fingerprint density at radius 3 is 2.65 bits per heavy atom. The summed E-state index contributed by atoms with van der Waals surface area (Å²) in [6.07, 6.45) is 0.609. The molecular formula is C14H17F2N3O. The molecule has 1 aromatic heterocycles. The standard InChI is InChI=1S/C14H17F2N3O/c1-4-13(11-7-10(15)5-6-12(11)16)17-8(2)14-19-18-9(3)20-14/h5-8,13,17H,4H2,1-3H3/t8-,13+/m0/s1. The van der Waals surface area contributed by atoms with Crippen LogP contribution in [0.3, 0.4) is 0 Å². The molecule has 0 bridgehead atoms. The van der Waals surface area contributed by atoms with Crippen molar-refractivity contribution in [3.8, 4) is 0 Å². The fourth-order valence-corrected chi connectivity index (χ4v) is 2.07. The summed E-state index contributed by atoms with van der Waals surface area (Å²) >= 11 is 0. The molecule has 0 aliphatic rings. The number of aryl methyl sites for hydroxylation is 1. The molecule has 108 valence electrons. The first-order valence-corrected chi connectivity index (χ1v) is 6.52. The van der Waals surface area contributed by atoms with E-state index >= 15 is 0 Å². The van der Waals surface area contributed by atoms with E-state index in [9.17, 15) is 8.78 Å². The number of hydrogen-bond donors (Lipinski definition) is 1. The van der Waals surface area contributed by atoms with Crippen LogP contribution in [0.25, 0.3) is 0 Å². The fourth-order valence-electron chi connectivity index (χ4n) is 2.07. The van der Waals surface area contributed by atoms with Gasteiger partial charge in [0.2, 0.25) is 11.8 Å². The van der Waals surface area contributed by atoms with E-state index in [4.69, 9.17) is 4.42 Å². The van der Waals surface area contributed by atoms with Crippen molar-refractivity contribution < 1.29 is 13.2 Å². The van der Waals surface area contributed by atoms with Crippen LogP contribution >= 0.6 is 0 Å². The second-order valence-corrected chi connectivity index (χ2v) is 4.67. The predicted molar refractivity (Wildman–Crippen MR) is 70.0 cm³/mol. The van der Waals surface area contributed by atoms with E-state index in [1.165, 1.54) is 6.07 Å². The number of rotatable bonds is 5. The van der Waals surface area contributed by atoms with Crippen LogP contribution in [0.2, 0.25) is 0 Å². The molecule has 6 heteroatoms. The van der Waals surface area contributed by atoms with Crippen LogP contribution in [0.4, 0.5) is 8.78 Å². The third-order valence-corrected chi connectivity index (χ3v) is 3.10. The minimum absolute atomic E-state index is 0.246. The largest absolute Gasteiger partial charge is 0.424 e. The van der Waals surface area contributed by atoms with Crippen molar-refractivity contribution in [3.05, 3.63) is 47.2 Å². The van der Waals surface area contributed by atoms with Gasteiger partial charge >= 0.3 is 0 Å². The van der Waals surface area contributed by atoms with Gasteiger partial charge in [-0.05, 0) is 31.5 Å². The van der Waals surface area contributed by atoms with E-state index in [0.717, 1.165) is 12.1 Å². The van der Waals surface area contributed by atoms with Crippen molar-refractivity contribution in [1.82, 2.24) is 15.5 Å². The van der Waals surface area contributed by atoms with Crippen LogP contribution in [0.1, 0.15) is 49.7 Å². The van der Waals surface area contributed by atoms with Gasteiger partial charge in [0, 0.05) is 18.5 Å². The van der Waals surface area contributed by atoms with E-state index in [1.807, 2.05) is 13.8 Å². The topological polar surface area (TPSA) is 51.0 Å². The maximum Gasteiger partial charge on any atom is 0.233 e. The zero-order valence-electron chi connectivity index (χ0n) is 11.7.